The number of amides is 1. The Kier molecular flexibility index (Phi) is 7.16. The molecule has 1 saturated heterocycles. The predicted molar refractivity (Wildman–Crippen MR) is 161 cm³/mol. The third-order valence-electron chi connectivity index (χ3n) is 8.41. The number of benzene rings is 3. The van der Waals surface area contributed by atoms with Crippen molar-refractivity contribution in [3.8, 4) is 28.2 Å². The molecule has 2 aliphatic rings. The van der Waals surface area contributed by atoms with Crippen LogP contribution in [0.5, 0.6) is 5.75 Å². The van der Waals surface area contributed by atoms with Gasteiger partial charge >= 0.3 is 13.2 Å². The standard InChI is InChI=1S/C33H33BN2O6/c1-32(2)33(3,4)42-34(41-32)22(17-21-13-14-29(37)27(18-21)30-15-16-36-40-30)19-35-31(38)39-20-28-25-11-7-5-9-23(25)24-10-6-8-12-26(24)28/h5-18,28,37H,19-20H2,1-4H3,(H,35,38). The van der Waals surface area contributed by atoms with E-state index in [1.807, 2.05) is 58.0 Å². The molecule has 0 saturated carbocycles. The first-order valence-corrected chi connectivity index (χ1v) is 14.0. The fourth-order valence-corrected chi connectivity index (χ4v) is 5.43. The number of aromatic hydroxyl groups is 1. The van der Waals surface area contributed by atoms with E-state index >= 15 is 0 Å². The van der Waals surface area contributed by atoms with Gasteiger partial charge in [0.15, 0.2) is 5.76 Å². The minimum Gasteiger partial charge on any atom is -0.507 e. The van der Waals surface area contributed by atoms with Gasteiger partial charge in [-0.1, -0.05) is 65.8 Å². The maximum absolute atomic E-state index is 13.0. The lowest BCUT2D eigenvalue weighted by Crippen LogP contribution is -2.41. The number of nitrogens with zero attached hydrogens (tertiary/aromatic N) is 1. The molecule has 1 amide bonds. The fourth-order valence-electron chi connectivity index (χ4n) is 5.43. The molecule has 2 heterocycles. The van der Waals surface area contributed by atoms with Crippen molar-refractivity contribution >= 4 is 19.3 Å². The summed E-state index contributed by atoms with van der Waals surface area (Å²) in [5.41, 5.74) is 5.46. The van der Waals surface area contributed by atoms with Gasteiger partial charge in [-0.25, -0.2) is 4.79 Å². The Morgan fingerprint density at radius 1 is 0.952 bits per heavy atom. The van der Waals surface area contributed by atoms with Crippen LogP contribution < -0.4 is 5.32 Å². The van der Waals surface area contributed by atoms with Gasteiger partial charge in [0.1, 0.15) is 12.4 Å². The molecule has 214 valence electrons. The number of phenols is 1. The molecule has 0 bridgehead atoms. The smallest absolute Gasteiger partial charge is 0.492 e. The van der Waals surface area contributed by atoms with E-state index in [1.54, 1.807) is 24.3 Å². The Balaban J connectivity index is 1.20. The molecule has 1 fully saturated rings. The second kappa shape index (κ2) is 10.8. The number of hydrogen-bond donors (Lipinski definition) is 2. The average Bonchev–Trinajstić information content (AvgIpc) is 3.66. The number of fused-ring (bicyclic) bond motifs is 3. The Labute approximate surface area is 245 Å². The number of nitrogens with one attached hydrogen (secondary N) is 1. The Morgan fingerprint density at radius 2 is 1.60 bits per heavy atom. The molecule has 0 atom stereocenters. The average molecular weight is 564 g/mol. The summed E-state index contributed by atoms with van der Waals surface area (Å²) in [6.07, 6.45) is 2.86. The summed E-state index contributed by atoms with van der Waals surface area (Å²) in [4.78, 5) is 13.0. The summed E-state index contributed by atoms with van der Waals surface area (Å²) < 4.78 is 23.6. The molecule has 0 unspecified atom stereocenters. The number of ether oxygens (including phenoxy) is 1. The van der Waals surface area contributed by atoms with E-state index < -0.39 is 24.4 Å². The van der Waals surface area contributed by atoms with E-state index in [0.717, 1.165) is 16.7 Å². The van der Waals surface area contributed by atoms with Crippen molar-refractivity contribution in [1.82, 2.24) is 10.5 Å². The minimum atomic E-state index is -0.702. The quantitative estimate of drug-likeness (QED) is 0.244. The SMILES string of the molecule is CC1(C)OB(C(=Cc2ccc(O)c(-c3ccno3)c2)CNC(=O)OCC2c3ccccc3-c3ccccc32)OC1(C)C. The van der Waals surface area contributed by atoms with Crippen molar-refractivity contribution in [3.63, 3.8) is 0 Å². The van der Waals surface area contributed by atoms with Crippen LogP contribution in [0.25, 0.3) is 28.5 Å². The molecule has 1 aliphatic heterocycles. The maximum Gasteiger partial charge on any atom is 0.492 e. The first kappa shape index (κ1) is 27.8. The van der Waals surface area contributed by atoms with Crippen LogP contribution in [0.2, 0.25) is 0 Å². The van der Waals surface area contributed by atoms with Crippen molar-refractivity contribution in [2.45, 2.75) is 44.8 Å². The molecule has 3 aromatic carbocycles. The van der Waals surface area contributed by atoms with Gasteiger partial charge in [0.05, 0.1) is 23.0 Å². The number of rotatable bonds is 7. The van der Waals surface area contributed by atoms with Gasteiger partial charge in [-0.15, -0.1) is 0 Å². The second-order valence-corrected chi connectivity index (χ2v) is 11.6. The highest BCUT2D eigenvalue weighted by Crippen LogP contribution is 2.44. The molecule has 42 heavy (non-hydrogen) atoms. The zero-order valence-corrected chi connectivity index (χ0v) is 24.1. The minimum absolute atomic E-state index is 0.0345. The van der Waals surface area contributed by atoms with Crippen LogP contribution in [0.15, 0.2) is 89.0 Å². The number of carbonyl (C=O) groups is 1. The van der Waals surface area contributed by atoms with Crippen LogP contribution in [0.4, 0.5) is 4.79 Å². The van der Waals surface area contributed by atoms with E-state index in [9.17, 15) is 9.90 Å². The van der Waals surface area contributed by atoms with Gasteiger partial charge in [-0.2, -0.15) is 0 Å². The number of carbonyl (C=O) groups excluding carboxylic acids is 1. The summed E-state index contributed by atoms with van der Waals surface area (Å²) in [6, 6.07) is 23.3. The van der Waals surface area contributed by atoms with E-state index in [0.29, 0.717) is 16.8 Å². The molecule has 9 heteroatoms. The monoisotopic (exact) mass is 564 g/mol. The topological polar surface area (TPSA) is 103 Å². The number of alkyl carbamates (subject to hydrolysis) is 1. The van der Waals surface area contributed by atoms with E-state index in [-0.39, 0.29) is 24.8 Å². The number of aromatic nitrogens is 1. The molecule has 8 nitrogen and oxygen atoms in total. The molecule has 0 radical (unpaired) electrons. The highest BCUT2D eigenvalue weighted by Gasteiger charge is 2.52. The normalized spacial score (nSPS) is 17.1. The van der Waals surface area contributed by atoms with Crippen molar-refractivity contribution in [1.29, 1.82) is 0 Å². The molecule has 2 N–H and O–H groups in total. The third kappa shape index (κ3) is 5.21. The van der Waals surface area contributed by atoms with Crippen LogP contribution >= 0.6 is 0 Å². The fraction of sp³-hybridized carbons (Fsp3) is 0.273. The molecule has 0 spiro atoms. The van der Waals surface area contributed by atoms with Crippen LogP contribution in [0.3, 0.4) is 0 Å². The van der Waals surface area contributed by atoms with Gasteiger partial charge in [-0.3, -0.25) is 0 Å². The second-order valence-electron chi connectivity index (χ2n) is 11.6. The summed E-state index contributed by atoms with van der Waals surface area (Å²) in [5, 5.41) is 17.0. The Morgan fingerprint density at radius 3 is 2.21 bits per heavy atom. The number of phenolic OH excluding ortho intramolecular Hbond substituents is 1. The first-order valence-electron chi connectivity index (χ1n) is 14.0. The highest BCUT2D eigenvalue weighted by molar-refractivity contribution is 6.56. The Hall–Kier alpha value is -4.34. The third-order valence-corrected chi connectivity index (χ3v) is 8.41. The van der Waals surface area contributed by atoms with Crippen molar-refractivity contribution in [3.05, 3.63) is 101 Å². The molecule has 4 aromatic rings. The van der Waals surface area contributed by atoms with Crippen LogP contribution in [-0.4, -0.2) is 47.8 Å². The molecular weight excluding hydrogens is 531 g/mol. The van der Waals surface area contributed by atoms with Crippen molar-refractivity contribution in [2.75, 3.05) is 13.2 Å². The summed E-state index contributed by atoms with van der Waals surface area (Å²) >= 11 is 0. The lowest BCUT2D eigenvalue weighted by Gasteiger charge is -2.32. The van der Waals surface area contributed by atoms with E-state index in [4.69, 9.17) is 18.6 Å². The summed E-state index contributed by atoms with van der Waals surface area (Å²) in [7, 11) is -0.702. The molecule has 1 aromatic heterocycles. The van der Waals surface area contributed by atoms with Gasteiger partial charge in [0.2, 0.25) is 0 Å². The largest absolute Gasteiger partial charge is 0.507 e. The van der Waals surface area contributed by atoms with E-state index in [1.165, 1.54) is 17.3 Å². The zero-order chi connectivity index (χ0) is 29.5. The Bertz CT molecular complexity index is 1580. The number of hydrogen-bond acceptors (Lipinski definition) is 7. The van der Waals surface area contributed by atoms with Gasteiger partial charge in [-0.05, 0) is 73.1 Å². The van der Waals surface area contributed by atoms with Crippen molar-refractivity contribution < 1.29 is 28.5 Å². The molecule has 1 aliphatic carbocycles. The lowest BCUT2D eigenvalue weighted by atomic mass is 9.77. The van der Waals surface area contributed by atoms with Crippen molar-refractivity contribution in [2.24, 2.45) is 0 Å². The predicted octanol–water partition coefficient (Wildman–Crippen LogP) is 6.60. The van der Waals surface area contributed by atoms with Crippen LogP contribution in [-0.2, 0) is 14.0 Å². The van der Waals surface area contributed by atoms with Gasteiger partial charge < -0.3 is 29.0 Å². The van der Waals surface area contributed by atoms with Gasteiger partial charge in [0.25, 0.3) is 0 Å². The highest BCUT2D eigenvalue weighted by atomic mass is 16.7. The lowest BCUT2D eigenvalue weighted by molar-refractivity contribution is 0.00578. The summed E-state index contributed by atoms with van der Waals surface area (Å²) in [5.74, 6) is 0.474. The molecular formula is C33H33BN2O6. The zero-order valence-electron chi connectivity index (χ0n) is 24.1. The van der Waals surface area contributed by atoms with Gasteiger partial charge in [0, 0.05) is 18.5 Å². The van der Waals surface area contributed by atoms with Crippen LogP contribution in [0.1, 0.15) is 50.3 Å². The summed E-state index contributed by atoms with van der Waals surface area (Å²) in [6.45, 7) is 8.26. The van der Waals surface area contributed by atoms with Crippen LogP contribution in [0, 0.1) is 0 Å². The first-order chi connectivity index (χ1) is 20.1. The molecule has 6 rings (SSSR count). The van der Waals surface area contributed by atoms with E-state index in [2.05, 4.69) is 34.7 Å². The maximum atomic E-state index is 13.0.